The number of hydrogen-bond acceptors (Lipinski definition) is 4. The number of carbonyl (C=O) groups excluding carboxylic acids is 1. The minimum absolute atomic E-state index is 0.0847. The van der Waals surface area contributed by atoms with Gasteiger partial charge in [-0.2, -0.15) is 5.10 Å². The van der Waals surface area contributed by atoms with Gasteiger partial charge in [0.05, 0.1) is 11.6 Å². The average molecular weight is 347 g/mol. The Morgan fingerprint density at radius 2 is 2.04 bits per heavy atom. The summed E-state index contributed by atoms with van der Waals surface area (Å²) < 4.78 is 1.50. The molecular weight excluding hydrogens is 326 g/mol. The zero-order valence-corrected chi connectivity index (χ0v) is 14.7. The summed E-state index contributed by atoms with van der Waals surface area (Å²) in [5, 5.41) is 7.16. The number of amides is 1. The minimum Gasteiger partial charge on any atom is -0.345 e. The van der Waals surface area contributed by atoms with Crippen molar-refractivity contribution < 1.29 is 4.79 Å². The van der Waals surface area contributed by atoms with Crippen molar-refractivity contribution in [2.24, 2.45) is 0 Å². The first kappa shape index (κ1) is 16.4. The highest BCUT2D eigenvalue weighted by atomic mass is 16.1. The highest BCUT2D eigenvalue weighted by molar-refractivity contribution is 5.97. The second-order valence-corrected chi connectivity index (χ2v) is 6.65. The highest BCUT2D eigenvalue weighted by Crippen LogP contribution is 2.25. The summed E-state index contributed by atoms with van der Waals surface area (Å²) in [6.07, 6.45) is 9.40. The quantitative estimate of drug-likeness (QED) is 0.787. The molecule has 0 aliphatic heterocycles. The summed E-state index contributed by atoms with van der Waals surface area (Å²) >= 11 is 0. The zero-order valence-electron chi connectivity index (χ0n) is 14.7. The van der Waals surface area contributed by atoms with Crippen LogP contribution in [-0.4, -0.2) is 25.7 Å². The molecule has 1 aliphatic carbocycles. The predicted octanol–water partition coefficient (Wildman–Crippen LogP) is 3.03. The van der Waals surface area contributed by atoms with Crippen LogP contribution in [0.2, 0.25) is 0 Å². The van der Waals surface area contributed by atoms with Crippen LogP contribution in [-0.2, 0) is 12.8 Å². The number of pyridine rings is 1. The SMILES string of the molecule is C[C@@H](NC(=O)c1cccnc1-n1cncn1)c1ccc2c(c1)CCCC2. The number of rotatable bonds is 4. The van der Waals surface area contributed by atoms with Crippen LogP contribution in [0.3, 0.4) is 0 Å². The number of hydrogen-bond donors (Lipinski definition) is 1. The third kappa shape index (κ3) is 3.22. The molecule has 2 aromatic heterocycles. The van der Waals surface area contributed by atoms with Crippen LogP contribution >= 0.6 is 0 Å². The number of carbonyl (C=O) groups is 1. The van der Waals surface area contributed by atoms with Gasteiger partial charge in [-0.3, -0.25) is 4.79 Å². The molecule has 4 rings (SSSR count). The van der Waals surface area contributed by atoms with Gasteiger partial charge in [-0.25, -0.2) is 14.6 Å². The van der Waals surface area contributed by atoms with Crippen molar-refractivity contribution in [3.63, 3.8) is 0 Å². The first-order chi connectivity index (χ1) is 12.7. The molecule has 0 unspecified atom stereocenters. The monoisotopic (exact) mass is 347 g/mol. The Labute approximate surface area is 152 Å². The van der Waals surface area contributed by atoms with Crippen molar-refractivity contribution in [3.05, 3.63) is 71.4 Å². The fourth-order valence-electron chi connectivity index (χ4n) is 3.45. The largest absolute Gasteiger partial charge is 0.345 e. The molecule has 26 heavy (non-hydrogen) atoms. The molecule has 0 saturated heterocycles. The molecule has 6 nitrogen and oxygen atoms in total. The minimum atomic E-state index is -0.172. The number of nitrogens with zero attached hydrogens (tertiary/aromatic N) is 4. The standard InChI is InChI=1S/C20H21N5O/c1-14(16-9-8-15-5-2-3-6-17(15)11-16)24-20(26)18-7-4-10-22-19(18)25-13-21-12-23-25/h4,7-14H,2-3,5-6H2,1H3,(H,24,26)/t14-/m1/s1. The molecule has 0 fully saturated rings. The molecule has 132 valence electrons. The van der Waals surface area contributed by atoms with Crippen LogP contribution in [0, 0.1) is 0 Å². The van der Waals surface area contributed by atoms with Crippen LogP contribution in [0.4, 0.5) is 0 Å². The number of fused-ring (bicyclic) bond motifs is 1. The van der Waals surface area contributed by atoms with Gasteiger partial charge in [-0.05, 0) is 61.4 Å². The van der Waals surface area contributed by atoms with Crippen LogP contribution < -0.4 is 5.32 Å². The molecule has 0 radical (unpaired) electrons. The Balaban J connectivity index is 1.55. The molecule has 1 atom stereocenters. The van der Waals surface area contributed by atoms with Gasteiger partial charge >= 0.3 is 0 Å². The van der Waals surface area contributed by atoms with E-state index in [0.29, 0.717) is 11.4 Å². The molecule has 1 amide bonds. The van der Waals surface area contributed by atoms with E-state index in [0.717, 1.165) is 18.4 Å². The van der Waals surface area contributed by atoms with E-state index in [-0.39, 0.29) is 11.9 Å². The molecule has 0 saturated carbocycles. The molecule has 1 aromatic carbocycles. The average Bonchev–Trinajstić information content (AvgIpc) is 3.22. The van der Waals surface area contributed by atoms with E-state index in [1.165, 1.54) is 41.3 Å². The van der Waals surface area contributed by atoms with Gasteiger partial charge < -0.3 is 5.32 Å². The lowest BCUT2D eigenvalue weighted by atomic mass is 9.89. The number of benzene rings is 1. The fourth-order valence-corrected chi connectivity index (χ4v) is 3.45. The summed E-state index contributed by atoms with van der Waals surface area (Å²) in [5.41, 5.74) is 4.46. The van der Waals surface area contributed by atoms with Crippen LogP contribution in [0.5, 0.6) is 0 Å². The number of aromatic nitrogens is 4. The van der Waals surface area contributed by atoms with Gasteiger partial charge in [-0.15, -0.1) is 0 Å². The first-order valence-corrected chi connectivity index (χ1v) is 8.95. The Morgan fingerprint density at radius 3 is 2.85 bits per heavy atom. The van der Waals surface area contributed by atoms with E-state index >= 15 is 0 Å². The van der Waals surface area contributed by atoms with Gasteiger partial charge in [0.25, 0.3) is 5.91 Å². The van der Waals surface area contributed by atoms with Gasteiger partial charge in [0, 0.05) is 6.20 Å². The van der Waals surface area contributed by atoms with Crippen molar-refractivity contribution >= 4 is 5.91 Å². The predicted molar refractivity (Wildman–Crippen MR) is 98.1 cm³/mol. The van der Waals surface area contributed by atoms with Gasteiger partial charge in [-0.1, -0.05) is 18.2 Å². The lowest BCUT2D eigenvalue weighted by molar-refractivity contribution is 0.0939. The van der Waals surface area contributed by atoms with Gasteiger partial charge in [0.1, 0.15) is 12.7 Å². The van der Waals surface area contributed by atoms with Gasteiger partial charge in [0.15, 0.2) is 5.82 Å². The van der Waals surface area contributed by atoms with Crippen LogP contribution in [0.1, 0.15) is 52.9 Å². The van der Waals surface area contributed by atoms with E-state index in [2.05, 4.69) is 38.6 Å². The van der Waals surface area contributed by atoms with Crippen molar-refractivity contribution in [2.45, 2.75) is 38.6 Å². The highest BCUT2D eigenvalue weighted by Gasteiger charge is 2.18. The topological polar surface area (TPSA) is 72.7 Å². The Kier molecular flexibility index (Phi) is 4.48. The molecule has 0 spiro atoms. The maximum atomic E-state index is 12.8. The third-order valence-electron chi connectivity index (χ3n) is 4.89. The summed E-state index contributed by atoms with van der Waals surface area (Å²) in [6, 6.07) is 9.98. The zero-order chi connectivity index (χ0) is 17.9. The molecular formula is C20H21N5O. The fraction of sp³-hybridized carbons (Fsp3) is 0.300. The smallest absolute Gasteiger partial charge is 0.255 e. The van der Waals surface area contributed by atoms with E-state index in [1.807, 2.05) is 6.92 Å². The maximum absolute atomic E-state index is 12.8. The van der Waals surface area contributed by atoms with E-state index in [9.17, 15) is 4.79 Å². The summed E-state index contributed by atoms with van der Waals surface area (Å²) in [7, 11) is 0. The van der Waals surface area contributed by atoms with E-state index < -0.39 is 0 Å². The van der Waals surface area contributed by atoms with Crippen molar-refractivity contribution in [2.75, 3.05) is 0 Å². The van der Waals surface area contributed by atoms with Gasteiger partial charge in [0.2, 0.25) is 0 Å². The summed E-state index contributed by atoms with van der Waals surface area (Å²) in [4.78, 5) is 21.0. The second kappa shape index (κ2) is 7.07. The lowest BCUT2D eigenvalue weighted by Gasteiger charge is -2.20. The Morgan fingerprint density at radius 1 is 1.19 bits per heavy atom. The second-order valence-electron chi connectivity index (χ2n) is 6.65. The molecule has 6 heteroatoms. The first-order valence-electron chi connectivity index (χ1n) is 8.95. The lowest BCUT2D eigenvalue weighted by Crippen LogP contribution is -2.28. The molecule has 2 heterocycles. The molecule has 1 aliphatic rings. The van der Waals surface area contributed by atoms with Crippen molar-refractivity contribution in [1.82, 2.24) is 25.1 Å². The molecule has 3 aromatic rings. The molecule has 0 bridgehead atoms. The number of nitrogens with one attached hydrogen (secondary N) is 1. The van der Waals surface area contributed by atoms with Crippen LogP contribution in [0.15, 0.2) is 49.2 Å². The maximum Gasteiger partial charge on any atom is 0.255 e. The number of aryl methyl sites for hydroxylation is 2. The summed E-state index contributed by atoms with van der Waals surface area (Å²) in [6.45, 7) is 2.01. The van der Waals surface area contributed by atoms with E-state index in [4.69, 9.17) is 0 Å². The third-order valence-corrected chi connectivity index (χ3v) is 4.89. The van der Waals surface area contributed by atoms with Crippen molar-refractivity contribution in [1.29, 1.82) is 0 Å². The van der Waals surface area contributed by atoms with Crippen molar-refractivity contribution in [3.8, 4) is 5.82 Å². The summed E-state index contributed by atoms with van der Waals surface area (Å²) in [5.74, 6) is 0.300. The Hall–Kier alpha value is -3.02. The Bertz CT molecular complexity index is 920. The molecule has 1 N–H and O–H groups in total. The van der Waals surface area contributed by atoms with E-state index in [1.54, 1.807) is 18.3 Å². The van der Waals surface area contributed by atoms with Crippen LogP contribution in [0.25, 0.3) is 5.82 Å². The normalized spacial score (nSPS) is 14.5.